The van der Waals surface area contributed by atoms with Crippen molar-refractivity contribution in [3.63, 3.8) is 0 Å². The number of sulfone groups is 1. The Labute approximate surface area is 159 Å². The van der Waals surface area contributed by atoms with Gasteiger partial charge < -0.3 is 10.1 Å². The minimum absolute atomic E-state index is 0.0249. The van der Waals surface area contributed by atoms with Crippen molar-refractivity contribution in [3.05, 3.63) is 50.6 Å². The van der Waals surface area contributed by atoms with Gasteiger partial charge in [-0.05, 0) is 59.0 Å². The lowest BCUT2D eigenvalue weighted by molar-refractivity contribution is 0.102. The van der Waals surface area contributed by atoms with E-state index in [9.17, 15) is 13.2 Å². The Bertz CT molecular complexity index is 866. The van der Waals surface area contributed by atoms with Crippen LogP contribution in [-0.4, -0.2) is 27.2 Å². The van der Waals surface area contributed by atoms with Crippen LogP contribution in [0.15, 0.2) is 41.3 Å². The zero-order valence-electron chi connectivity index (χ0n) is 13.0. The third-order valence-corrected chi connectivity index (χ3v) is 6.61. The summed E-state index contributed by atoms with van der Waals surface area (Å²) in [4.78, 5) is 12.6. The summed E-state index contributed by atoms with van der Waals surface area (Å²) >= 11 is 8.12. The number of ether oxygens (including phenoxy) is 1. The molecule has 0 saturated carbocycles. The van der Waals surface area contributed by atoms with Crippen LogP contribution >= 0.6 is 34.2 Å². The molecule has 0 radical (unpaired) electrons. The van der Waals surface area contributed by atoms with Crippen molar-refractivity contribution in [3.8, 4) is 5.75 Å². The molecule has 24 heavy (non-hydrogen) atoms. The fourth-order valence-corrected chi connectivity index (χ4v) is 3.47. The van der Waals surface area contributed by atoms with Crippen LogP contribution in [0.5, 0.6) is 5.75 Å². The van der Waals surface area contributed by atoms with Gasteiger partial charge in [-0.15, -0.1) is 0 Å². The summed E-state index contributed by atoms with van der Waals surface area (Å²) in [6.07, 6.45) is 0. The molecule has 0 bridgehead atoms. The van der Waals surface area contributed by atoms with Crippen LogP contribution in [-0.2, 0) is 9.84 Å². The van der Waals surface area contributed by atoms with E-state index in [0.717, 1.165) is 3.57 Å². The van der Waals surface area contributed by atoms with Gasteiger partial charge >= 0.3 is 0 Å². The van der Waals surface area contributed by atoms with Crippen LogP contribution < -0.4 is 10.1 Å². The first kappa shape index (κ1) is 19.0. The second-order valence-corrected chi connectivity index (χ2v) is 8.70. The van der Waals surface area contributed by atoms with Gasteiger partial charge in [-0.3, -0.25) is 4.79 Å². The first-order valence-electron chi connectivity index (χ1n) is 6.95. The zero-order chi connectivity index (χ0) is 17.9. The molecule has 1 amide bonds. The van der Waals surface area contributed by atoms with Crippen molar-refractivity contribution < 1.29 is 17.9 Å². The number of hydrogen-bond acceptors (Lipinski definition) is 4. The standard InChI is InChI=1S/C16H15ClINO4S/c1-3-24(21,22)11-6-4-10(5-7-11)19-16(20)12-8-13(17)14(18)9-15(12)23-2/h4-9H,3H2,1-2H3,(H,19,20). The van der Waals surface area contributed by atoms with Crippen molar-refractivity contribution >= 4 is 55.6 Å². The van der Waals surface area contributed by atoms with Gasteiger partial charge in [-0.1, -0.05) is 18.5 Å². The molecule has 0 heterocycles. The Morgan fingerprint density at radius 2 is 1.88 bits per heavy atom. The van der Waals surface area contributed by atoms with Crippen LogP contribution in [0.2, 0.25) is 5.02 Å². The monoisotopic (exact) mass is 479 g/mol. The van der Waals surface area contributed by atoms with Crippen molar-refractivity contribution in [2.75, 3.05) is 18.2 Å². The van der Waals surface area contributed by atoms with Gasteiger partial charge in [0.25, 0.3) is 5.91 Å². The smallest absolute Gasteiger partial charge is 0.259 e. The first-order chi connectivity index (χ1) is 11.3. The maximum atomic E-state index is 12.4. The van der Waals surface area contributed by atoms with E-state index in [4.69, 9.17) is 16.3 Å². The fourth-order valence-electron chi connectivity index (χ4n) is 1.99. The minimum Gasteiger partial charge on any atom is -0.496 e. The van der Waals surface area contributed by atoms with Crippen LogP contribution in [0, 0.1) is 3.57 Å². The number of rotatable bonds is 5. The number of hydrogen-bond donors (Lipinski definition) is 1. The Kier molecular flexibility index (Phi) is 6.11. The summed E-state index contributed by atoms with van der Waals surface area (Å²) in [6.45, 7) is 1.58. The number of methoxy groups -OCH3 is 1. The van der Waals surface area contributed by atoms with E-state index in [1.54, 1.807) is 25.1 Å². The molecule has 5 nitrogen and oxygen atoms in total. The van der Waals surface area contributed by atoms with E-state index in [0.29, 0.717) is 22.0 Å². The highest BCUT2D eigenvalue weighted by Crippen LogP contribution is 2.29. The molecule has 0 atom stereocenters. The van der Waals surface area contributed by atoms with Crippen LogP contribution in [0.1, 0.15) is 17.3 Å². The summed E-state index contributed by atoms with van der Waals surface area (Å²) in [5, 5.41) is 3.15. The molecule has 1 N–H and O–H groups in total. The van der Waals surface area contributed by atoms with Crippen LogP contribution in [0.4, 0.5) is 5.69 Å². The number of carbonyl (C=O) groups excluding carboxylic acids is 1. The van der Waals surface area contributed by atoms with E-state index in [2.05, 4.69) is 27.9 Å². The van der Waals surface area contributed by atoms with Crippen molar-refractivity contribution in [1.29, 1.82) is 0 Å². The Morgan fingerprint density at radius 1 is 1.25 bits per heavy atom. The third kappa shape index (κ3) is 4.20. The number of nitrogens with one attached hydrogen (secondary N) is 1. The van der Waals surface area contributed by atoms with E-state index >= 15 is 0 Å². The molecule has 0 fully saturated rings. The van der Waals surface area contributed by atoms with Gasteiger partial charge in [0, 0.05) is 9.26 Å². The van der Waals surface area contributed by atoms with Gasteiger partial charge in [0.2, 0.25) is 0 Å². The molecular weight excluding hydrogens is 465 g/mol. The molecule has 0 aliphatic heterocycles. The summed E-state index contributed by atoms with van der Waals surface area (Å²) < 4.78 is 29.6. The number of benzene rings is 2. The maximum absolute atomic E-state index is 12.4. The minimum atomic E-state index is -3.27. The highest BCUT2D eigenvalue weighted by molar-refractivity contribution is 14.1. The quantitative estimate of drug-likeness (QED) is 0.658. The predicted molar refractivity (Wildman–Crippen MR) is 103 cm³/mol. The van der Waals surface area contributed by atoms with E-state index in [1.807, 2.05) is 0 Å². The summed E-state index contributed by atoms with van der Waals surface area (Å²) in [7, 11) is -1.79. The average Bonchev–Trinajstić information content (AvgIpc) is 2.57. The molecule has 0 saturated heterocycles. The topological polar surface area (TPSA) is 72.5 Å². The highest BCUT2D eigenvalue weighted by Gasteiger charge is 2.16. The molecule has 0 aromatic heterocycles. The molecule has 128 valence electrons. The Morgan fingerprint density at radius 3 is 2.42 bits per heavy atom. The summed E-state index contributed by atoms with van der Waals surface area (Å²) in [5.41, 5.74) is 0.778. The third-order valence-electron chi connectivity index (χ3n) is 3.34. The number of halogens is 2. The number of carbonyl (C=O) groups is 1. The predicted octanol–water partition coefficient (Wildman–Crippen LogP) is 4.00. The van der Waals surface area contributed by atoms with Crippen molar-refractivity contribution in [1.82, 2.24) is 0 Å². The van der Waals surface area contributed by atoms with E-state index in [1.165, 1.54) is 25.3 Å². The SMILES string of the molecule is CCS(=O)(=O)c1ccc(NC(=O)c2cc(Cl)c(I)cc2OC)cc1. The summed E-state index contributed by atoms with van der Waals surface area (Å²) in [6, 6.07) is 9.23. The molecule has 2 rings (SSSR count). The molecule has 0 unspecified atom stereocenters. The molecular formula is C16H15ClINO4S. The Balaban J connectivity index is 2.26. The number of anilines is 1. The van der Waals surface area contributed by atoms with Gasteiger partial charge in [-0.2, -0.15) is 0 Å². The second kappa shape index (κ2) is 7.71. The van der Waals surface area contributed by atoms with Gasteiger partial charge in [0.05, 0.1) is 28.3 Å². The first-order valence-corrected chi connectivity index (χ1v) is 10.1. The van der Waals surface area contributed by atoms with Gasteiger partial charge in [-0.25, -0.2) is 8.42 Å². The largest absolute Gasteiger partial charge is 0.496 e. The maximum Gasteiger partial charge on any atom is 0.259 e. The Hall–Kier alpha value is -1.32. The lowest BCUT2D eigenvalue weighted by Gasteiger charge is -2.11. The summed E-state index contributed by atoms with van der Waals surface area (Å²) in [5.74, 6) is 0.0413. The zero-order valence-corrected chi connectivity index (χ0v) is 16.7. The number of amides is 1. The molecule has 2 aromatic rings. The van der Waals surface area contributed by atoms with E-state index < -0.39 is 15.7 Å². The van der Waals surface area contributed by atoms with Gasteiger partial charge in [0.15, 0.2) is 9.84 Å². The molecule has 2 aromatic carbocycles. The average molecular weight is 480 g/mol. The molecule has 0 spiro atoms. The van der Waals surface area contributed by atoms with E-state index in [-0.39, 0.29) is 10.6 Å². The molecule has 8 heteroatoms. The van der Waals surface area contributed by atoms with Crippen LogP contribution in [0.3, 0.4) is 0 Å². The highest BCUT2D eigenvalue weighted by atomic mass is 127. The lowest BCUT2D eigenvalue weighted by atomic mass is 10.2. The second-order valence-electron chi connectivity index (χ2n) is 4.85. The van der Waals surface area contributed by atoms with Crippen LogP contribution in [0.25, 0.3) is 0 Å². The lowest BCUT2D eigenvalue weighted by Crippen LogP contribution is -2.13. The molecule has 0 aliphatic rings. The van der Waals surface area contributed by atoms with Crippen molar-refractivity contribution in [2.45, 2.75) is 11.8 Å². The normalized spacial score (nSPS) is 11.2. The van der Waals surface area contributed by atoms with Gasteiger partial charge in [0.1, 0.15) is 5.75 Å². The fraction of sp³-hybridized carbons (Fsp3) is 0.188. The molecule has 0 aliphatic carbocycles. The van der Waals surface area contributed by atoms with Crippen molar-refractivity contribution in [2.24, 2.45) is 0 Å².